The van der Waals surface area contributed by atoms with Crippen molar-refractivity contribution in [2.24, 2.45) is 0 Å². The molecule has 0 saturated carbocycles. The molecule has 0 unspecified atom stereocenters. The average Bonchev–Trinajstić information content (AvgIpc) is 2.17. The molecule has 0 aromatic rings. The Labute approximate surface area is 78.5 Å². The third-order valence-electron chi connectivity index (χ3n) is 1.78. The van der Waals surface area contributed by atoms with Crippen LogP contribution in [0.5, 0.6) is 0 Å². The van der Waals surface area contributed by atoms with Crippen LogP contribution >= 0.6 is 0 Å². The van der Waals surface area contributed by atoms with Crippen molar-refractivity contribution in [1.29, 1.82) is 0 Å². The molecule has 13 heavy (non-hydrogen) atoms. The summed E-state index contributed by atoms with van der Waals surface area (Å²) in [6, 6.07) is 0. The fourth-order valence-electron chi connectivity index (χ4n) is 1.16. The van der Waals surface area contributed by atoms with Crippen LogP contribution in [0, 0.1) is 0 Å². The number of hydrogen-bond acceptors (Lipinski definition) is 2. The maximum atomic E-state index is 10.9. The summed E-state index contributed by atoms with van der Waals surface area (Å²) in [5.41, 5.74) is 1.15. The Balaban J connectivity index is 2.22. The van der Waals surface area contributed by atoms with E-state index in [4.69, 9.17) is 4.74 Å². The molecule has 0 aliphatic heterocycles. The van der Waals surface area contributed by atoms with E-state index in [1.54, 1.807) is 6.92 Å². The second-order valence-electron chi connectivity index (χ2n) is 2.83. The SMILES string of the molecule is CCOC(=O)NCC1=CCCC=C1. The molecule has 1 aliphatic rings. The maximum Gasteiger partial charge on any atom is 0.407 e. The minimum absolute atomic E-state index is 0.345. The lowest BCUT2D eigenvalue weighted by Crippen LogP contribution is -2.26. The Hall–Kier alpha value is -1.25. The van der Waals surface area contributed by atoms with Gasteiger partial charge < -0.3 is 10.1 Å². The first-order chi connectivity index (χ1) is 6.33. The number of carbonyl (C=O) groups excluding carboxylic acids is 1. The predicted octanol–water partition coefficient (Wildman–Crippen LogP) is 2.01. The number of alkyl carbamates (subject to hydrolysis) is 1. The van der Waals surface area contributed by atoms with E-state index in [0.717, 1.165) is 18.4 Å². The lowest BCUT2D eigenvalue weighted by atomic mass is 10.1. The Kier molecular flexibility index (Phi) is 4.09. The fourth-order valence-corrected chi connectivity index (χ4v) is 1.16. The summed E-state index contributed by atoms with van der Waals surface area (Å²) in [7, 11) is 0. The molecule has 0 bridgehead atoms. The van der Waals surface area contributed by atoms with E-state index in [2.05, 4.69) is 17.5 Å². The normalized spacial score (nSPS) is 15.0. The van der Waals surface area contributed by atoms with Crippen molar-refractivity contribution in [3.63, 3.8) is 0 Å². The summed E-state index contributed by atoms with van der Waals surface area (Å²) in [6.45, 7) is 2.77. The molecule has 0 saturated heterocycles. The van der Waals surface area contributed by atoms with Crippen LogP contribution in [-0.4, -0.2) is 19.2 Å². The highest BCUT2D eigenvalue weighted by molar-refractivity contribution is 5.67. The van der Waals surface area contributed by atoms with Gasteiger partial charge in [0.25, 0.3) is 0 Å². The first-order valence-corrected chi connectivity index (χ1v) is 4.59. The van der Waals surface area contributed by atoms with Gasteiger partial charge in [0.15, 0.2) is 0 Å². The molecular formula is C10H15NO2. The molecule has 1 rings (SSSR count). The van der Waals surface area contributed by atoms with Crippen molar-refractivity contribution in [2.45, 2.75) is 19.8 Å². The molecule has 0 atom stereocenters. The molecule has 1 N–H and O–H groups in total. The van der Waals surface area contributed by atoms with Crippen LogP contribution in [0.4, 0.5) is 4.79 Å². The number of hydrogen-bond donors (Lipinski definition) is 1. The van der Waals surface area contributed by atoms with E-state index in [-0.39, 0.29) is 6.09 Å². The molecule has 0 aromatic carbocycles. The second-order valence-corrected chi connectivity index (χ2v) is 2.83. The van der Waals surface area contributed by atoms with E-state index in [1.165, 1.54) is 0 Å². The van der Waals surface area contributed by atoms with Gasteiger partial charge in [-0.25, -0.2) is 4.79 Å². The largest absolute Gasteiger partial charge is 0.450 e. The number of amides is 1. The van der Waals surface area contributed by atoms with Gasteiger partial charge in [0.1, 0.15) is 0 Å². The summed E-state index contributed by atoms with van der Waals surface area (Å²) in [6.07, 6.45) is 8.10. The summed E-state index contributed by atoms with van der Waals surface area (Å²) in [5, 5.41) is 2.67. The lowest BCUT2D eigenvalue weighted by Gasteiger charge is -2.08. The highest BCUT2D eigenvalue weighted by Crippen LogP contribution is 2.07. The Morgan fingerprint density at radius 2 is 2.46 bits per heavy atom. The summed E-state index contributed by atoms with van der Waals surface area (Å²) in [4.78, 5) is 10.9. The van der Waals surface area contributed by atoms with Crippen LogP contribution in [0.15, 0.2) is 23.8 Å². The van der Waals surface area contributed by atoms with Crippen molar-refractivity contribution in [3.8, 4) is 0 Å². The van der Waals surface area contributed by atoms with E-state index < -0.39 is 0 Å². The van der Waals surface area contributed by atoms with Crippen molar-refractivity contribution in [3.05, 3.63) is 23.8 Å². The Bertz CT molecular complexity index is 231. The monoisotopic (exact) mass is 181 g/mol. The third kappa shape index (κ3) is 3.78. The number of rotatable bonds is 3. The van der Waals surface area contributed by atoms with Crippen molar-refractivity contribution < 1.29 is 9.53 Å². The highest BCUT2D eigenvalue weighted by Gasteiger charge is 2.01. The first kappa shape index (κ1) is 9.84. The van der Waals surface area contributed by atoms with Crippen LogP contribution in [0.3, 0.4) is 0 Å². The van der Waals surface area contributed by atoms with Crippen molar-refractivity contribution >= 4 is 6.09 Å². The standard InChI is InChI=1S/C10H15NO2/c1-2-13-10(12)11-8-9-6-4-3-5-7-9/h4,6-7H,2-3,5,8H2,1H3,(H,11,12). The number of nitrogens with one attached hydrogen (secondary N) is 1. The molecule has 3 heteroatoms. The molecule has 0 aromatic heterocycles. The fraction of sp³-hybridized carbons (Fsp3) is 0.500. The van der Waals surface area contributed by atoms with Crippen LogP contribution in [0.2, 0.25) is 0 Å². The van der Waals surface area contributed by atoms with Gasteiger partial charge in [0.2, 0.25) is 0 Å². The van der Waals surface area contributed by atoms with Crippen LogP contribution in [0.1, 0.15) is 19.8 Å². The Morgan fingerprint density at radius 3 is 3.08 bits per heavy atom. The van der Waals surface area contributed by atoms with E-state index in [1.807, 2.05) is 6.08 Å². The van der Waals surface area contributed by atoms with Gasteiger partial charge in [-0.1, -0.05) is 18.2 Å². The van der Waals surface area contributed by atoms with E-state index in [9.17, 15) is 4.79 Å². The van der Waals surface area contributed by atoms with Gasteiger partial charge in [0, 0.05) is 6.54 Å². The topological polar surface area (TPSA) is 38.3 Å². The van der Waals surface area contributed by atoms with Gasteiger partial charge in [-0.05, 0) is 25.3 Å². The van der Waals surface area contributed by atoms with Crippen molar-refractivity contribution in [2.75, 3.05) is 13.2 Å². The minimum atomic E-state index is -0.345. The zero-order chi connectivity index (χ0) is 9.52. The summed E-state index contributed by atoms with van der Waals surface area (Å²) < 4.78 is 4.73. The van der Waals surface area contributed by atoms with E-state index >= 15 is 0 Å². The smallest absolute Gasteiger partial charge is 0.407 e. The van der Waals surface area contributed by atoms with Gasteiger partial charge in [0.05, 0.1) is 6.61 Å². The zero-order valence-corrected chi connectivity index (χ0v) is 7.88. The number of carbonyl (C=O) groups is 1. The predicted molar refractivity (Wildman–Crippen MR) is 51.5 cm³/mol. The molecule has 0 heterocycles. The molecule has 1 aliphatic carbocycles. The number of ether oxygens (including phenoxy) is 1. The molecule has 0 radical (unpaired) electrons. The third-order valence-corrected chi connectivity index (χ3v) is 1.78. The second kappa shape index (κ2) is 5.41. The average molecular weight is 181 g/mol. The maximum absolute atomic E-state index is 10.9. The molecule has 1 amide bonds. The zero-order valence-electron chi connectivity index (χ0n) is 7.88. The quantitative estimate of drug-likeness (QED) is 0.723. The molecule has 0 spiro atoms. The molecule has 0 fully saturated rings. The number of allylic oxidation sites excluding steroid dienone is 2. The van der Waals surface area contributed by atoms with Crippen LogP contribution in [0.25, 0.3) is 0 Å². The van der Waals surface area contributed by atoms with E-state index in [0.29, 0.717) is 13.2 Å². The first-order valence-electron chi connectivity index (χ1n) is 4.59. The molecular weight excluding hydrogens is 166 g/mol. The van der Waals surface area contributed by atoms with Gasteiger partial charge >= 0.3 is 6.09 Å². The Morgan fingerprint density at radius 1 is 1.62 bits per heavy atom. The van der Waals surface area contributed by atoms with Crippen LogP contribution < -0.4 is 5.32 Å². The van der Waals surface area contributed by atoms with Gasteiger partial charge in [-0.3, -0.25) is 0 Å². The molecule has 72 valence electrons. The molecule has 3 nitrogen and oxygen atoms in total. The minimum Gasteiger partial charge on any atom is -0.450 e. The van der Waals surface area contributed by atoms with Crippen LogP contribution in [-0.2, 0) is 4.74 Å². The lowest BCUT2D eigenvalue weighted by molar-refractivity contribution is 0.153. The highest BCUT2D eigenvalue weighted by atomic mass is 16.5. The van der Waals surface area contributed by atoms with Crippen molar-refractivity contribution in [1.82, 2.24) is 5.32 Å². The van der Waals surface area contributed by atoms with Gasteiger partial charge in [-0.15, -0.1) is 0 Å². The summed E-state index contributed by atoms with van der Waals surface area (Å²) in [5.74, 6) is 0. The van der Waals surface area contributed by atoms with Gasteiger partial charge in [-0.2, -0.15) is 0 Å². The summed E-state index contributed by atoms with van der Waals surface area (Å²) >= 11 is 0.